The van der Waals surface area contributed by atoms with Crippen molar-refractivity contribution in [2.45, 2.75) is 36.3 Å². The Hall–Kier alpha value is -2.21. The van der Waals surface area contributed by atoms with Crippen molar-refractivity contribution in [3.8, 4) is 0 Å². The molecule has 1 aliphatic rings. The van der Waals surface area contributed by atoms with E-state index in [9.17, 15) is 4.79 Å². The quantitative estimate of drug-likeness (QED) is 0.484. The minimum absolute atomic E-state index is 0.132. The summed E-state index contributed by atoms with van der Waals surface area (Å²) in [7, 11) is 0. The first kappa shape index (κ1) is 17.6. The number of thioether (sulfide) groups is 1. The van der Waals surface area contributed by atoms with Gasteiger partial charge in [-0.15, -0.1) is 11.8 Å². The lowest BCUT2D eigenvalue weighted by molar-refractivity contribution is -0.120. The summed E-state index contributed by atoms with van der Waals surface area (Å²) in [5, 5.41) is 3.79. The Kier molecular flexibility index (Phi) is 6.17. The van der Waals surface area contributed by atoms with Crippen LogP contribution in [0.3, 0.4) is 0 Å². The molecule has 2 aromatic rings. The molecule has 6 heteroatoms. The molecular formula is C19H23N3O2S. The zero-order valence-electron chi connectivity index (χ0n) is 14.4. The van der Waals surface area contributed by atoms with Crippen LogP contribution < -0.4 is 10.3 Å². The molecular weight excluding hydrogens is 334 g/mol. The number of rotatable bonds is 6. The van der Waals surface area contributed by atoms with Gasteiger partial charge in [-0.05, 0) is 44.4 Å². The molecule has 25 heavy (non-hydrogen) atoms. The van der Waals surface area contributed by atoms with E-state index < -0.39 is 0 Å². The maximum absolute atomic E-state index is 12.1. The van der Waals surface area contributed by atoms with E-state index in [2.05, 4.69) is 15.4 Å². The second kappa shape index (κ2) is 8.76. The first-order valence-corrected chi connectivity index (χ1v) is 9.50. The van der Waals surface area contributed by atoms with Gasteiger partial charge in [0.1, 0.15) is 5.76 Å². The molecule has 1 N–H and O–H groups in total. The maximum atomic E-state index is 12.1. The van der Waals surface area contributed by atoms with Crippen molar-refractivity contribution in [1.29, 1.82) is 0 Å². The first-order valence-electron chi connectivity index (χ1n) is 8.62. The average molecular weight is 357 g/mol. The highest BCUT2D eigenvalue weighted by Crippen LogP contribution is 2.23. The van der Waals surface area contributed by atoms with Crippen molar-refractivity contribution in [2.24, 2.45) is 5.10 Å². The van der Waals surface area contributed by atoms with Crippen LogP contribution in [-0.2, 0) is 4.79 Å². The largest absolute Gasteiger partial charge is 0.440 e. The lowest BCUT2D eigenvalue weighted by Gasteiger charge is -2.25. The number of hydrogen-bond acceptors (Lipinski definition) is 5. The van der Waals surface area contributed by atoms with Crippen LogP contribution in [0.1, 0.15) is 31.9 Å². The third-order valence-corrected chi connectivity index (χ3v) is 5.18. The summed E-state index contributed by atoms with van der Waals surface area (Å²) in [6, 6.07) is 13.7. The third kappa shape index (κ3) is 5.13. The molecule has 1 amide bonds. The standard InChI is InChI=1S/C19H23N3O2S/c1-15(25-17-8-4-2-5-9-17)19(23)21-20-14-16-10-11-18(24-16)22-12-6-3-7-13-22/h2,4-5,8-11,14-15H,3,6-7,12-13H2,1H3,(H,21,23)/b20-14-/t15-/m0/s1. The summed E-state index contributed by atoms with van der Waals surface area (Å²) in [6.07, 6.45) is 5.25. The summed E-state index contributed by atoms with van der Waals surface area (Å²) in [4.78, 5) is 15.4. The Balaban J connectivity index is 1.49. The van der Waals surface area contributed by atoms with Crippen LogP contribution in [0.25, 0.3) is 0 Å². The topological polar surface area (TPSA) is 57.8 Å². The number of amides is 1. The minimum Gasteiger partial charge on any atom is -0.440 e. The number of carbonyl (C=O) groups excluding carboxylic acids is 1. The van der Waals surface area contributed by atoms with Gasteiger partial charge in [0.2, 0.25) is 0 Å². The molecule has 0 bridgehead atoms. The summed E-state index contributed by atoms with van der Waals surface area (Å²) < 4.78 is 5.78. The van der Waals surface area contributed by atoms with Crippen LogP contribution in [0.4, 0.5) is 5.88 Å². The molecule has 1 atom stereocenters. The summed E-state index contributed by atoms with van der Waals surface area (Å²) in [5.41, 5.74) is 2.58. The van der Waals surface area contributed by atoms with Crippen molar-refractivity contribution in [3.63, 3.8) is 0 Å². The molecule has 0 saturated carbocycles. The smallest absolute Gasteiger partial charge is 0.253 e. The van der Waals surface area contributed by atoms with E-state index in [4.69, 9.17) is 4.42 Å². The van der Waals surface area contributed by atoms with E-state index in [1.165, 1.54) is 31.0 Å². The fraction of sp³-hybridized carbons (Fsp3) is 0.368. The second-order valence-corrected chi connectivity index (χ2v) is 7.45. The molecule has 3 rings (SSSR count). The molecule has 1 aromatic carbocycles. The van der Waals surface area contributed by atoms with Gasteiger partial charge >= 0.3 is 0 Å². The summed E-state index contributed by atoms with van der Waals surface area (Å²) >= 11 is 1.50. The highest BCUT2D eigenvalue weighted by molar-refractivity contribution is 8.00. The van der Waals surface area contributed by atoms with Crippen LogP contribution in [0.5, 0.6) is 0 Å². The van der Waals surface area contributed by atoms with Gasteiger partial charge in [-0.1, -0.05) is 18.2 Å². The van der Waals surface area contributed by atoms with Gasteiger partial charge in [-0.3, -0.25) is 4.79 Å². The van der Waals surface area contributed by atoms with Gasteiger partial charge in [0.05, 0.1) is 11.5 Å². The molecule has 0 radical (unpaired) electrons. The highest BCUT2D eigenvalue weighted by atomic mass is 32.2. The lowest BCUT2D eigenvalue weighted by Crippen LogP contribution is -2.28. The molecule has 0 spiro atoms. The van der Waals surface area contributed by atoms with Gasteiger partial charge in [-0.25, -0.2) is 5.43 Å². The number of carbonyl (C=O) groups is 1. The monoisotopic (exact) mass is 357 g/mol. The minimum atomic E-state index is -0.222. The highest BCUT2D eigenvalue weighted by Gasteiger charge is 2.15. The number of anilines is 1. The Morgan fingerprint density at radius 2 is 1.96 bits per heavy atom. The van der Waals surface area contributed by atoms with Crippen LogP contribution in [-0.4, -0.2) is 30.5 Å². The van der Waals surface area contributed by atoms with Crippen LogP contribution >= 0.6 is 11.8 Å². The number of nitrogens with one attached hydrogen (secondary N) is 1. The predicted octanol–water partition coefficient (Wildman–Crippen LogP) is 3.90. The number of hydrogen-bond donors (Lipinski definition) is 1. The van der Waals surface area contributed by atoms with Gasteiger partial charge < -0.3 is 9.32 Å². The molecule has 1 aromatic heterocycles. The average Bonchev–Trinajstić information content (AvgIpc) is 3.12. The lowest BCUT2D eigenvalue weighted by atomic mass is 10.1. The molecule has 0 unspecified atom stereocenters. The van der Waals surface area contributed by atoms with E-state index in [0.717, 1.165) is 23.9 Å². The molecule has 0 aliphatic carbocycles. The van der Waals surface area contributed by atoms with Gasteiger partial charge in [0, 0.05) is 24.1 Å². The number of nitrogens with zero attached hydrogens (tertiary/aromatic N) is 2. The third-order valence-electron chi connectivity index (χ3n) is 4.07. The Morgan fingerprint density at radius 3 is 2.72 bits per heavy atom. The second-order valence-electron chi connectivity index (χ2n) is 6.03. The fourth-order valence-electron chi connectivity index (χ4n) is 2.70. The van der Waals surface area contributed by atoms with Gasteiger partial charge in [-0.2, -0.15) is 5.10 Å². The normalized spacial score (nSPS) is 16.1. The zero-order chi connectivity index (χ0) is 17.5. The van der Waals surface area contributed by atoms with Crippen LogP contribution in [0.2, 0.25) is 0 Å². The van der Waals surface area contributed by atoms with E-state index >= 15 is 0 Å². The molecule has 1 aliphatic heterocycles. The number of benzene rings is 1. The number of hydrazone groups is 1. The predicted molar refractivity (Wildman–Crippen MR) is 102 cm³/mol. The van der Waals surface area contributed by atoms with Gasteiger partial charge in [0.15, 0.2) is 5.88 Å². The molecule has 1 saturated heterocycles. The molecule has 5 nitrogen and oxygen atoms in total. The Bertz CT molecular complexity index is 708. The maximum Gasteiger partial charge on any atom is 0.253 e. The van der Waals surface area contributed by atoms with E-state index in [1.807, 2.05) is 49.4 Å². The zero-order valence-corrected chi connectivity index (χ0v) is 15.2. The van der Waals surface area contributed by atoms with Crippen LogP contribution in [0.15, 0.2) is 56.9 Å². The van der Waals surface area contributed by atoms with Crippen molar-refractivity contribution < 1.29 is 9.21 Å². The number of furan rings is 1. The fourth-order valence-corrected chi connectivity index (χ4v) is 3.59. The molecule has 2 heterocycles. The summed E-state index contributed by atoms with van der Waals surface area (Å²) in [6.45, 7) is 3.94. The van der Waals surface area contributed by atoms with Crippen molar-refractivity contribution in [1.82, 2.24) is 5.43 Å². The van der Waals surface area contributed by atoms with Crippen LogP contribution in [0, 0.1) is 0 Å². The first-order chi connectivity index (χ1) is 12.2. The van der Waals surface area contributed by atoms with Gasteiger partial charge in [0.25, 0.3) is 5.91 Å². The van der Waals surface area contributed by atoms with Crippen molar-refractivity contribution in [2.75, 3.05) is 18.0 Å². The van der Waals surface area contributed by atoms with E-state index in [1.54, 1.807) is 6.21 Å². The summed E-state index contributed by atoms with van der Waals surface area (Å²) in [5.74, 6) is 1.39. The molecule has 132 valence electrons. The Morgan fingerprint density at radius 1 is 1.20 bits per heavy atom. The van der Waals surface area contributed by atoms with Crippen molar-refractivity contribution in [3.05, 3.63) is 48.2 Å². The SMILES string of the molecule is C[C@H](Sc1ccccc1)C(=O)N/N=C\c1ccc(N2CCCCC2)o1. The number of piperidine rings is 1. The van der Waals surface area contributed by atoms with E-state index in [0.29, 0.717) is 5.76 Å². The van der Waals surface area contributed by atoms with E-state index in [-0.39, 0.29) is 11.2 Å². The Labute approximate surface area is 152 Å². The van der Waals surface area contributed by atoms with Crippen molar-refractivity contribution >= 4 is 29.8 Å². The molecule has 1 fully saturated rings.